The van der Waals surface area contributed by atoms with Crippen LogP contribution in [-0.4, -0.2) is 22.8 Å². The van der Waals surface area contributed by atoms with E-state index in [9.17, 15) is 4.79 Å². The fraction of sp³-hybridized carbons (Fsp3) is 0.500. The number of pyridine rings is 1. The van der Waals surface area contributed by atoms with Crippen LogP contribution >= 0.6 is 0 Å². The quantitative estimate of drug-likeness (QED) is 0.792. The fourth-order valence-corrected chi connectivity index (χ4v) is 6.46. The van der Waals surface area contributed by atoms with E-state index in [4.69, 9.17) is 0 Å². The maximum absolute atomic E-state index is 13.7. The minimum Gasteiger partial charge on any atom is -0.333 e. The van der Waals surface area contributed by atoms with Gasteiger partial charge in [-0.25, -0.2) is 0 Å². The molecule has 4 bridgehead atoms. The van der Waals surface area contributed by atoms with Crippen LogP contribution in [0.3, 0.4) is 0 Å². The third-order valence-corrected chi connectivity index (χ3v) is 7.33. The van der Waals surface area contributed by atoms with Gasteiger partial charge in [0.25, 0.3) is 0 Å². The van der Waals surface area contributed by atoms with E-state index in [1.165, 1.54) is 32.1 Å². The van der Waals surface area contributed by atoms with Gasteiger partial charge in [0.2, 0.25) is 5.91 Å². The zero-order valence-electron chi connectivity index (χ0n) is 16.0. The topological polar surface area (TPSA) is 33.2 Å². The van der Waals surface area contributed by atoms with Gasteiger partial charge in [-0.3, -0.25) is 9.78 Å². The molecule has 27 heavy (non-hydrogen) atoms. The standard InChI is InChI=1S/C24H28N2O/c1-26(23(18-7-3-2-4-8-18)21-9-5-6-10-25-21)24(27)22-19-12-16-11-17(14-19)15-20(22)13-16/h2-10,16-17,19-20,22-23H,11-15H2,1H3. The van der Waals surface area contributed by atoms with Gasteiger partial charge in [-0.15, -0.1) is 0 Å². The van der Waals surface area contributed by atoms with E-state index in [2.05, 4.69) is 17.1 Å². The van der Waals surface area contributed by atoms with Gasteiger partial charge in [-0.1, -0.05) is 36.4 Å². The number of hydrogen-bond donors (Lipinski definition) is 0. The summed E-state index contributed by atoms with van der Waals surface area (Å²) in [6, 6.07) is 16.2. The molecule has 4 aliphatic rings. The Morgan fingerprint density at radius 1 is 0.926 bits per heavy atom. The van der Waals surface area contributed by atoms with Crippen LogP contribution in [0.5, 0.6) is 0 Å². The number of aromatic nitrogens is 1. The molecule has 0 radical (unpaired) electrons. The minimum absolute atomic E-state index is 0.114. The predicted molar refractivity (Wildman–Crippen MR) is 106 cm³/mol. The van der Waals surface area contributed by atoms with Gasteiger partial charge in [0.1, 0.15) is 0 Å². The number of amides is 1. The summed E-state index contributed by atoms with van der Waals surface area (Å²) in [5, 5.41) is 0. The van der Waals surface area contributed by atoms with Crippen molar-refractivity contribution in [2.24, 2.45) is 29.6 Å². The first-order valence-corrected chi connectivity index (χ1v) is 10.4. The molecule has 0 aliphatic heterocycles. The maximum atomic E-state index is 13.7. The highest BCUT2D eigenvalue weighted by atomic mass is 16.2. The average Bonchev–Trinajstić information content (AvgIpc) is 2.69. The highest BCUT2D eigenvalue weighted by Gasteiger charge is 2.51. The van der Waals surface area contributed by atoms with Crippen molar-refractivity contribution < 1.29 is 4.79 Å². The largest absolute Gasteiger partial charge is 0.333 e. The summed E-state index contributed by atoms with van der Waals surface area (Å²) in [7, 11) is 1.99. The molecule has 1 unspecified atom stereocenters. The summed E-state index contributed by atoms with van der Waals surface area (Å²) in [4.78, 5) is 20.3. The van der Waals surface area contributed by atoms with Crippen molar-refractivity contribution in [2.75, 3.05) is 7.05 Å². The van der Waals surface area contributed by atoms with Crippen LogP contribution in [0.25, 0.3) is 0 Å². The second-order valence-corrected chi connectivity index (χ2v) is 8.97. The van der Waals surface area contributed by atoms with E-state index < -0.39 is 0 Å². The summed E-state index contributed by atoms with van der Waals surface area (Å²) < 4.78 is 0. The summed E-state index contributed by atoms with van der Waals surface area (Å²) in [6.07, 6.45) is 8.35. The molecule has 3 heteroatoms. The average molecular weight is 361 g/mol. The Labute approximate surface area is 161 Å². The Morgan fingerprint density at radius 3 is 2.15 bits per heavy atom. The molecule has 3 nitrogen and oxygen atoms in total. The summed E-state index contributed by atoms with van der Waals surface area (Å²) in [5.41, 5.74) is 2.08. The van der Waals surface area contributed by atoms with E-state index >= 15 is 0 Å². The zero-order valence-corrected chi connectivity index (χ0v) is 16.0. The number of nitrogens with zero attached hydrogens (tertiary/aromatic N) is 2. The molecule has 140 valence electrons. The van der Waals surface area contributed by atoms with E-state index in [0.29, 0.717) is 17.7 Å². The first kappa shape index (κ1) is 17.0. The summed E-state index contributed by atoms with van der Waals surface area (Å²) in [6.45, 7) is 0. The molecule has 0 N–H and O–H groups in total. The van der Waals surface area contributed by atoms with Crippen molar-refractivity contribution in [3.05, 3.63) is 66.0 Å². The molecule has 2 aromatic rings. The highest BCUT2D eigenvalue weighted by molar-refractivity contribution is 5.80. The lowest BCUT2D eigenvalue weighted by Gasteiger charge is -2.54. The highest BCUT2D eigenvalue weighted by Crippen LogP contribution is 2.57. The van der Waals surface area contributed by atoms with Gasteiger partial charge in [0.05, 0.1) is 11.7 Å². The third-order valence-electron chi connectivity index (χ3n) is 7.33. The van der Waals surface area contributed by atoms with Crippen molar-refractivity contribution >= 4 is 5.91 Å². The minimum atomic E-state index is -0.114. The summed E-state index contributed by atoms with van der Waals surface area (Å²) in [5.74, 6) is 3.55. The van der Waals surface area contributed by atoms with Crippen LogP contribution in [0, 0.1) is 29.6 Å². The zero-order chi connectivity index (χ0) is 18.4. The molecule has 1 aromatic heterocycles. The first-order valence-electron chi connectivity index (χ1n) is 10.4. The van der Waals surface area contributed by atoms with Crippen LogP contribution in [-0.2, 0) is 4.79 Å². The second-order valence-electron chi connectivity index (χ2n) is 8.97. The lowest BCUT2D eigenvalue weighted by Crippen LogP contribution is -2.51. The third kappa shape index (κ3) is 2.97. The Hall–Kier alpha value is -2.16. The van der Waals surface area contributed by atoms with Crippen molar-refractivity contribution in [3.8, 4) is 0 Å². The van der Waals surface area contributed by atoms with Gasteiger partial charge in [-0.2, -0.15) is 0 Å². The molecule has 0 saturated heterocycles. The van der Waals surface area contributed by atoms with Crippen LogP contribution in [0.2, 0.25) is 0 Å². The first-order chi connectivity index (χ1) is 13.2. The molecule has 1 aromatic carbocycles. The van der Waals surface area contributed by atoms with Gasteiger partial charge in [-0.05, 0) is 73.5 Å². The normalized spacial score (nSPS) is 32.3. The van der Waals surface area contributed by atoms with Crippen molar-refractivity contribution in [1.29, 1.82) is 0 Å². The van der Waals surface area contributed by atoms with Crippen LogP contribution < -0.4 is 0 Å². The lowest BCUT2D eigenvalue weighted by molar-refractivity contribution is -0.149. The molecule has 0 spiro atoms. The molecule has 6 rings (SSSR count). The SMILES string of the molecule is CN(C(=O)C1C2CC3CC(C2)CC1C3)C(c1ccccc1)c1ccccn1. The molecule has 1 amide bonds. The van der Waals surface area contributed by atoms with Crippen molar-refractivity contribution in [1.82, 2.24) is 9.88 Å². The van der Waals surface area contributed by atoms with Crippen LogP contribution in [0.15, 0.2) is 54.7 Å². The number of benzene rings is 1. The van der Waals surface area contributed by atoms with Crippen molar-refractivity contribution in [2.45, 2.75) is 38.1 Å². The molecule has 4 aliphatic carbocycles. The number of hydrogen-bond acceptors (Lipinski definition) is 2. The fourth-order valence-electron chi connectivity index (χ4n) is 6.46. The van der Waals surface area contributed by atoms with Crippen LogP contribution in [0.1, 0.15) is 49.4 Å². The van der Waals surface area contributed by atoms with Gasteiger partial charge in [0, 0.05) is 19.2 Å². The Morgan fingerprint density at radius 2 is 1.56 bits per heavy atom. The van der Waals surface area contributed by atoms with E-state index in [1.807, 2.05) is 54.5 Å². The van der Waals surface area contributed by atoms with E-state index in [1.54, 1.807) is 0 Å². The number of carbonyl (C=O) groups excluding carboxylic acids is 1. The van der Waals surface area contributed by atoms with E-state index in [0.717, 1.165) is 23.1 Å². The molecule has 4 fully saturated rings. The maximum Gasteiger partial charge on any atom is 0.226 e. The molecular weight excluding hydrogens is 332 g/mol. The number of rotatable bonds is 4. The van der Waals surface area contributed by atoms with Gasteiger partial charge < -0.3 is 4.90 Å². The Balaban J connectivity index is 1.46. The molecule has 4 saturated carbocycles. The van der Waals surface area contributed by atoms with Crippen molar-refractivity contribution in [3.63, 3.8) is 0 Å². The monoisotopic (exact) mass is 360 g/mol. The Kier molecular flexibility index (Phi) is 4.26. The number of carbonyl (C=O) groups is 1. The molecule has 1 heterocycles. The lowest BCUT2D eigenvalue weighted by atomic mass is 9.51. The van der Waals surface area contributed by atoms with Crippen LogP contribution in [0.4, 0.5) is 0 Å². The molecule has 1 atom stereocenters. The predicted octanol–water partition coefficient (Wildman–Crippen LogP) is 4.70. The van der Waals surface area contributed by atoms with E-state index in [-0.39, 0.29) is 12.0 Å². The molecular formula is C24H28N2O. The summed E-state index contributed by atoms with van der Waals surface area (Å²) >= 11 is 0. The van der Waals surface area contributed by atoms with Gasteiger partial charge in [0.15, 0.2) is 0 Å². The Bertz CT molecular complexity index is 736. The smallest absolute Gasteiger partial charge is 0.226 e. The second kappa shape index (κ2) is 6.78. The van der Waals surface area contributed by atoms with Gasteiger partial charge >= 0.3 is 0 Å².